The van der Waals surface area contributed by atoms with Gasteiger partial charge in [0.2, 0.25) is 0 Å². The summed E-state index contributed by atoms with van der Waals surface area (Å²) in [5.41, 5.74) is 0. The molecule has 0 rings (SSSR count). The second-order valence-electron chi connectivity index (χ2n) is 2.81. The number of carbonyl (C=O) groups excluding carboxylic acids is 1. The van der Waals surface area contributed by atoms with Crippen molar-refractivity contribution < 1.29 is 4.79 Å². The highest BCUT2D eigenvalue weighted by atomic mass is 32.1. The van der Waals surface area contributed by atoms with Crippen LogP contribution in [0.15, 0.2) is 0 Å². The average Bonchev–Trinajstić information content (AvgIpc) is 1.98. The van der Waals surface area contributed by atoms with Crippen LogP contribution in [-0.2, 0) is 4.79 Å². The minimum Gasteiger partial charge on any atom is -0.308 e. The summed E-state index contributed by atoms with van der Waals surface area (Å²) in [6.07, 6.45) is 0. The third-order valence-electron chi connectivity index (χ3n) is 1.72. The van der Waals surface area contributed by atoms with Gasteiger partial charge in [0.05, 0.1) is 6.04 Å². The molecule has 0 amide bonds. The van der Waals surface area contributed by atoms with Gasteiger partial charge >= 0.3 is 0 Å². The van der Waals surface area contributed by atoms with Crippen LogP contribution >= 0.6 is 12.6 Å². The first-order valence-electron chi connectivity index (χ1n) is 3.98. The van der Waals surface area contributed by atoms with Crippen molar-refractivity contribution in [1.82, 2.24) is 5.32 Å². The van der Waals surface area contributed by atoms with Gasteiger partial charge in [-0.3, -0.25) is 4.79 Å². The lowest BCUT2D eigenvalue weighted by Gasteiger charge is -2.20. The number of thiol groups is 1. The molecule has 0 aromatic heterocycles. The first-order chi connectivity index (χ1) is 5.13. The number of rotatable bonds is 5. The van der Waals surface area contributed by atoms with Crippen LogP contribution < -0.4 is 5.32 Å². The molecule has 0 unspecified atom stereocenters. The van der Waals surface area contributed by atoms with Gasteiger partial charge in [-0.2, -0.15) is 12.6 Å². The number of ketones is 1. The number of Topliss-reactive ketones (excluding diaryl/α,β-unsaturated/α-hetero) is 1. The molecule has 1 N–H and O–H groups in total. The Morgan fingerprint density at radius 3 is 2.45 bits per heavy atom. The summed E-state index contributed by atoms with van der Waals surface area (Å²) in [6, 6.07) is -0.0162. The molecule has 0 aliphatic heterocycles. The van der Waals surface area contributed by atoms with E-state index >= 15 is 0 Å². The quantitative estimate of drug-likeness (QED) is 0.613. The van der Waals surface area contributed by atoms with E-state index in [2.05, 4.69) is 17.9 Å². The van der Waals surface area contributed by atoms with Crippen molar-refractivity contribution in [2.75, 3.05) is 12.3 Å². The minimum atomic E-state index is -0.0162. The molecule has 0 heterocycles. The zero-order chi connectivity index (χ0) is 8.85. The maximum absolute atomic E-state index is 11.0. The molecule has 0 aromatic rings. The van der Waals surface area contributed by atoms with E-state index in [1.807, 2.05) is 13.8 Å². The molecule has 0 aromatic carbocycles. The van der Waals surface area contributed by atoms with Crippen molar-refractivity contribution >= 4 is 18.4 Å². The summed E-state index contributed by atoms with van der Waals surface area (Å²) in [6.45, 7) is 6.48. The molecule has 0 radical (unpaired) electrons. The van der Waals surface area contributed by atoms with Gasteiger partial charge in [0.15, 0.2) is 0 Å². The Balaban J connectivity index is 3.97. The van der Waals surface area contributed by atoms with Crippen LogP contribution in [0, 0.1) is 5.92 Å². The first kappa shape index (κ1) is 11.0. The fraction of sp³-hybridized carbons (Fsp3) is 0.875. The Morgan fingerprint density at radius 2 is 2.18 bits per heavy atom. The molecule has 0 saturated carbocycles. The van der Waals surface area contributed by atoms with Crippen LogP contribution in [0.3, 0.4) is 0 Å². The molecule has 3 heteroatoms. The standard InChI is InChI=1S/C8H17NOS/c1-4-9-8(7(3)10)6(2)5-11/h6,8-9,11H,4-5H2,1-3H3/t6-,8-/m0/s1. The van der Waals surface area contributed by atoms with E-state index in [1.165, 1.54) is 0 Å². The van der Waals surface area contributed by atoms with Crippen LogP contribution in [0.4, 0.5) is 0 Å². The zero-order valence-electron chi connectivity index (χ0n) is 7.42. The summed E-state index contributed by atoms with van der Waals surface area (Å²) in [5.74, 6) is 1.27. The Kier molecular flexibility index (Phi) is 5.60. The van der Waals surface area contributed by atoms with Crippen molar-refractivity contribution in [3.63, 3.8) is 0 Å². The normalized spacial score (nSPS) is 16.0. The lowest BCUT2D eigenvalue weighted by atomic mass is 10.0. The molecule has 11 heavy (non-hydrogen) atoms. The third-order valence-corrected chi connectivity index (χ3v) is 2.29. The molecular formula is C8H17NOS. The smallest absolute Gasteiger partial charge is 0.146 e. The van der Waals surface area contributed by atoms with Crippen molar-refractivity contribution in [1.29, 1.82) is 0 Å². The van der Waals surface area contributed by atoms with E-state index in [-0.39, 0.29) is 11.8 Å². The van der Waals surface area contributed by atoms with Gasteiger partial charge in [0.25, 0.3) is 0 Å². The molecule has 0 fully saturated rings. The number of nitrogens with one attached hydrogen (secondary N) is 1. The Labute approximate surface area is 74.2 Å². The Morgan fingerprint density at radius 1 is 1.64 bits per heavy atom. The molecule has 2 atom stereocenters. The third kappa shape index (κ3) is 3.77. The van der Waals surface area contributed by atoms with E-state index in [0.29, 0.717) is 5.92 Å². The maximum atomic E-state index is 11.0. The lowest BCUT2D eigenvalue weighted by molar-refractivity contribution is -0.119. The average molecular weight is 175 g/mol. The number of likely N-dealkylation sites (N-methyl/N-ethyl adjacent to an activating group) is 1. The molecule has 0 spiro atoms. The van der Waals surface area contributed by atoms with E-state index in [1.54, 1.807) is 6.92 Å². The SMILES string of the molecule is CCN[C@H](C(C)=O)[C@@H](C)CS. The van der Waals surface area contributed by atoms with Crippen molar-refractivity contribution in [2.45, 2.75) is 26.8 Å². The minimum absolute atomic E-state index is 0.0162. The molecule has 0 saturated heterocycles. The molecule has 66 valence electrons. The van der Waals surface area contributed by atoms with Gasteiger partial charge in [-0.15, -0.1) is 0 Å². The van der Waals surface area contributed by atoms with Crippen LogP contribution in [0.2, 0.25) is 0 Å². The van der Waals surface area contributed by atoms with Crippen molar-refractivity contribution in [3.05, 3.63) is 0 Å². The summed E-state index contributed by atoms with van der Waals surface area (Å²) < 4.78 is 0. The van der Waals surface area contributed by atoms with Crippen LogP contribution in [0.1, 0.15) is 20.8 Å². The summed E-state index contributed by atoms with van der Waals surface area (Å²) in [5, 5.41) is 3.13. The molecule has 2 nitrogen and oxygen atoms in total. The zero-order valence-corrected chi connectivity index (χ0v) is 8.32. The fourth-order valence-corrected chi connectivity index (χ4v) is 1.28. The van der Waals surface area contributed by atoms with Crippen LogP contribution in [-0.4, -0.2) is 24.1 Å². The van der Waals surface area contributed by atoms with Crippen LogP contribution in [0.25, 0.3) is 0 Å². The van der Waals surface area contributed by atoms with Gasteiger partial charge in [-0.1, -0.05) is 13.8 Å². The van der Waals surface area contributed by atoms with E-state index in [9.17, 15) is 4.79 Å². The highest BCUT2D eigenvalue weighted by Crippen LogP contribution is 2.05. The number of hydrogen-bond acceptors (Lipinski definition) is 3. The van der Waals surface area contributed by atoms with Gasteiger partial charge in [-0.05, 0) is 25.1 Å². The van der Waals surface area contributed by atoms with E-state index < -0.39 is 0 Å². The lowest BCUT2D eigenvalue weighted by Crippen LogP contribution is -2.41. The van der Waals surface area contributed by atoms with Crippen LogP contribution in [0.5, 0.6) is 0 Å². The van der Waals surface area contributed by atoms with E-state index in [4.69, 9.17) is 0 Å². The topological polar surface area (TPSA) is 29.1 Å². The predicted octanol–water partition coefficient (Wildman–Crippen LogP) is 1.12. The van der Waals surface area contributed by atoms with E-state index in [0.717, 1.165) is 12.3 Å². The Bertz CT molecular complexity index is 127. The van der Waals surface area contributed by atoms with Crippen molar-refractivity contribution in [3.8, 4) is 0 Å². The highest BCUT2D eigenvalue weighted by Gasteiger charge is 2.18. The molecule has 0 aliphatic carbocycles. The van der Waals surface area contributed by atoms with Gasteiger partial charge < -0.3 is 5.32 Å². The largest absolute Gasteiger partial charge is 0.308 e. The summed E-state index contributed by atoms with van der Waals surface area (Å²) in [7, 11) is 0. The van der Waals surface area contributed by atoms with Gasteiger partial charge in [0, 0.05) is 0 Å². The van der Waals surface area contributed by atoms with Gasteiger partial charge in [0.1, 0.15) is 5.78 Å². The predicted molar refractivity (Wildman–Crippen MR) is 51.2 cm³/mol. The second-order valence-corrected chi connectivity index (χ2v) is 3.17. The Hall–Kier alpha value is -0.0200. The summed E-state index contributed by atoms with van der Waals surface area (Å²) >= 11 is 4.15. The number of carbonyl (C=O) groups is 1. The second kappa shape index (κ2) is 5.61. The first-order valence-corrected chi connectivity index (χ1v) is 4.61. The molecular weight excluding hydrogens is 158 g/mol. The fourth-order valence-electron chi connectivity index (χ4n) is 1.07. The van der Waals surface area contributed by atoms with Gasteiger partial charge in [-0.25, -0.2) is 0 Å². The monoisotopic (exact) mass is 175 g/mol. The highest BCUT2D eigenvalue weighted by molar-refractivity contribution is 7.80. The summed E-state index contributed by atoms with van der Waals surface area (Å²) in [4.78, 5) is 11.0. The maximum Gasteiger partial charge on any atom is 0.146 e. The molecule has 0 aliphatic rings. The van der Waals surface area contributed by atoms with Crippen molar-refractivity contribution in [2.24, 2.45) is 5.92 Å². The molecule has 0 bridgehead atoms. The number of hydrogen-bond donors (Lipinski definition) is 2.